The van der Waals surface area contributed by atoms with E-state index in [9.17, 15) is 14.4 Å². The molecule has 0 bridgehead atoms. The normalized spacial score (nSPS) is 15.2. The molecule has 0 radical (unpaired) electrons. The summed E-state index contributed by atoms with van der Waals surface area (Å²) in [5, 5.41) is 2.46. The van der Waals surface area contributed by atoms with Gasteiger partial charge in [0.2, 0.25) is 0 Å². The number of carbonyl (C=O) groups is 3. The van der Waals surface area contributed by atoms with Gasteiger partial charge in [-0.1, -0.05) is 30.3 Å². The number of hydrogen-bond donors (Lipinski definition) is 1. The maximum atomic E-state index is 12.5. The van der Waals surface area contributed by atoms with E-state index in [1.807, 2.05) is 30.3 Å². The third-order valence-corrected chi connectivity index (χ3v) is 4.07. The fraction of sp³-hybridized carbons (Fsp3) is 0.571. The summed E-state index contributed by atoms with van der Waals surface area (Å²) in [6, 6.07) is 8.30. The fourth-order valence-electron chi connectivity index (χ4n) is 2.62. The van der Waals surface area contributed by atoms with Crippen LogP contribution >= 0.6 is 0 Å². The van der Waals surface area contributed by atoms with Gasteiger partial charge in [-0.05, 0) is 26.3 Å². The molecular weight excluding hydrogens is 392 g/mol. The first-order valence-corrected chi connectivity index (χ1v) is 9.88. The van der Waals surface area contributed by atoms with Gasteiger partial charge in [-0.3, -0.25) is 4.79 Å². The van der Waals surface area contributed by atoms with Gasteiger partial charge in [0.05, 0.1) is 26.4 Å². The third kappa shape index (κ3) is 8.79. The zero-order chi connectivity index (χ0) is 22.0. The van der Waals surface area contributed by atoms with E-state index in [2.05, 4.69) is 5.32 Å². The molecule has 1 N–H and O–H groups in total. The minimum atomic E-state index is -1.11. The maximum Gasteiger partial charge on any atom is 0.408 e. The molecule has 1 aromatic rings. The zero-order valence-corrected chi connectivity index (χ0v) is 17.7. The number of esters is 1. The lowest BCUT2D eigenvalue weighted by atomic mass is 10.2. The van der Waals surface area contributed by atoms with Gasteiger partial charge < -0.3 is 29.2 Å². The molecule has 1 aliphatic heterocycles. The lowest BCUT2D eigenvalue weighted by Crippen LogP contribution is -2.48. The van der Waals surface area contributed by atoms with Gasteiger partial charge in [0.15, 0.2) is 12.6 Å². The van der Waals surface area contributed by atoms with E-state index in [-0.39, 0.29) is 19.1 Å². The number of carbonyl (C=O) groups excluding carboxylic acids is 3. The second-order valence-electron chi connectivity index (χ2n) is 7.80. The van der Waals surface area contributed by atoms with Crippen molar-refractivity contribution in [1.29, 1.82) is 0 Å². The Bertz CT molecular complexity index is 697. The van der Waals surface area contributed by atoms with Gasteiger partial charge in [0.1, 0.15) is 5.60 Å². The molecular formula is C21H30N2O7. The van der Waals surface area contributed by atoms with Crippen LogP contribution in [0.15, 0.2) is 30.3 Å². The SMILES string of the molecule is CC(C)(C)OC(=O)N[C@@H](COCc1ccccc1)C(=O)OCC(=O)N1CCOCC1. The molecule has 0 aliphatic carbocycles. The Hall–Kier alpha value is -2.65. The summed E-state index contributed by atoms with van der Waals surface area (Å²) in [4.78, 5) is 38.4. The highest BCUT2D eigenvalue weighted by Crippen LogP contribution is 2.08. The maximum absolute atomic E-state index is 12.5. The molecule has 9 heteroatoms. The molecule has 1 heterocycles. The van der Waals surface area contributed by atoms with Crippen LogP contribution in [0.3, 0.4) is 0 Å². The first-order valence-electron chi connectivity index (χ1n) is 9.88. The lowest BCUT2D eigenvalue weighted by molar-refractivity contribution is -0.156. The van der Waals surface area contributed by atoms with Crippen LogP contribution in [0.2, 0.25) is 0 Å². The van der Waals surface area contributed by atoms with Crippen molar-refractivity contribution in [3.05, 3.63) is 35.9 Å². The van der Waals surface area contributed by atoms with Gasteiger partial charge >= 0.3 is 12.1 Å². The van der Waals surface area contributed by atoms with Gasteiger partial charge in [-0.15, -0.1) is 0 Å². The van der Waals surface area contributed by atoms with E-state index in [0.717, 1.165) is 5.56 Å². The second kappa shape index (κ2) is 11.5. The molecule has 1 aliphatic rings. The summed E-state index contributed by atoms with van der Waals surface area (Å²) in [6.45, 7) is 6.68. The quantitative estimate of drug-likeness (QED) is 0.633. The highest BCUT2D eigenvalue weighted by Gasteiger charge is 2.27. The molecule has 0 unspecified atom stereocenters. The molecule has 1 aromatic carbocycles. The largest absolute Gasteiger partial charge is 0.454 e. The van der Waals surface area contributed by atoms with Crippen LogP contribution in [0.1, 0.15) is 26.3 Å². The molecule has 30 heavy (non-hydrogen) atoms. The summed E-state index contributed by atoms with van der Waals surface area (Å²) in [5.41, 5.74) is 0.194. The highest BCUT2D eigenvalue weighted by atomic mass is 16.6. The molecule has 1 fully saturated rings. The van der Waals surface area contributed by atoms with Gasteiger partial charge in [-0.25, -0.2) is 9.59 Å². The molecule has 0 saturated carbocycles. The Labute approximate surface area is 176 Å². The second-order valence-corrected chi connectivity index (χ2v) is 7.80. The Balaban J connectivity index is 1.89. The summed E-state index contributed by atoms with van der Waals surface area (Å²) < 4.78 is 21.1. The number of nitrogens with one attached hydrogen (secondary N) is 1. The number of alkyl carbamates (subject to hydrolysis) is 1. The average Bonchev–Trinajstić information content (AvgIpc) is 2.71. The molecule has 9 nitrogen and oxygen atoms in total. The van der Waals surface area contributed by atoms with Crippen LogP contribution in [-0.2, 0) is 35.1 Å². The van der Waals surface area contributed by atoms with E-state index >= 15 is 0 Å². The lowest BCUT2D eigenvalue weighted by Gasteiger charge is -2.27. The van der Waals surface area contributed by atoms with Crippen molar-refractivity contribution in [2.45, 2.75) is 39.0 Å². The van der Waals surface area contributed by atoms with Crippen molar-refractivity contribution in [2.75, 3.05) is 39.5 Å². The number of benzene rings is 1. The van der Waals surface area contributed by atoms with Crippen molar-refractivity contribution >= 4 is 18.0 Å². The van der Waals surface area contributed by atoms with Gasteiger partial charge in [0, 0.05) is 13.1 Å². The predicted octanol–water partition coefficient (Wildman–Crippen LogP) is 1.50. The van der Waals surface area contributed by atoms with Crippen molar-refractivity contribution in [2.24, 2.45) is 0 Å². The smallest absolute Gasteiger partial charge is 0.408 e. The summed E-state index contributed by atoms with van der Waals surface area (Å²) in [7, 11) is 0. The van der Waals surface area contributed by atoms with E-state index in [1.54, 1.807) is 25.7 Å². The van der Waals surface area contributed by atoms with Crippen LogP contribution in [0.5, 0.6) is 0 Å². The van der Waals surface area contributed by atoms with Crippen LogP contribution in [0.25, 0.3) is 0 Å². The van der Waals surface area contributed by atoms with Crippen molar-refractivity contribution in [1.82, 2.24) is 10.2 Å². The minimum Gasteiger partial charge on any atom is -0.454 e. The van der Waals surface area contributed by atoms with E-state index < -0.39 is 30.3 Å². The third-order valence-electron chi connectivity index (χ3n) is 4.07. The molecule has 0 spiro atoms. The average molecular weight is 422 g/mol. The fourth-order valence-corrected chi connectivity index (χ4v) is 2.62. The predicted molar refractivity (Wildman–Crippen MR) is 108 cm³/mol. The minimum absolute atomic E-state index is 0.126. The molecule has 2 amide bonds. The monoisotopic (exact) mass is 422 g/mol. The first-order chi connectivity index (χ1) is 14.2. The molecule has 2 rings (SSSR count). The van der Waals surface area contributed by atoms with Crippen molar-refractivity contribution in [3.63, 3.8) is 0 Å². The standard InChI is InChI=1S/C21H30N2O7/c1-21(2,3)30-20(26)22-17(14-28-13-16-7-5-4-6-8-16)19(25)29-15-18(24)23-9-11-27-12-10-23/h4-8,17H,9-15H2,1-3H3,(H,22,26)/t17-/m0/s1. The van der Waals surface area contributed by atoms with Crippen molar-refractivity contribution in [3.8, 4) is 0 Å². The molecule has 166 valence electrons. The van der Waals surface area contributed by atoms with E-state index in [0.29, 0.717) is 26.3 Å². The Morgan fingerprint density at radius 3 is 2.43 bits per heavy atom. The topological polar surface area (TPSA) is 103 Å². The first kappa shape index (κ1) is 23.6. The Morgan fingerprint density at radius 1 is 1.13 bits per heavy atom. The number of morpholine rings is 1. The number of amides is 2. The van der Waals surface area contributed by atoms with Gasteiger partial charge in [0.25, 0.3) is 5.91 Å². The number of nitrogens with zero attached hydrogens (tertiary/aromatic N) is 1. The molecule has 1 saturated heterocycles. The Morgan fingerprint density at radius 2 is 1.80 bits per heavy atom. The summed E-state index contributed by atoms with van der Waals surface area (Å²) >= 11 is 0. The number of ether oxygens (including phenoxy) is 4. The number of rotatable bonds is 8. The van der Waals surface area contributed by atoms with Gasteiger partial charge in [-0.2, -0.15) is 0 Å². The van der Waals surface area contributed by atoms with Crippen LogP contribution in [-0.4, -0.2) is 74.0 Å². The van der Waals surface area contributed by atoms with Crippen molar-refractivity contribution < 1.29 is 33.3 Å². The molecule has 0 aromatic heterocycles. The van der Waals surface area contributed by atoms with Crippen LogP contribution in [0.4, 0.5) is 4.79 Å². The van der Waals surface area contributed by atoms with Crippen LogP contribution < -0.4 is 5.32 Å². The Kier molecular flexibility index (Phi) is 9.07. The van der Waals surface area contributed by atoms with E-state index in [1.165, 1.54) is 0 Å². The van der Waals surface area contributed by atoms with E-state index in [4.69, 9.17) is 18.9 Å². The van der Waals surface area contributed by atoms with Crippen LogP contribution in [0, 0.1) is 0 Å². The summed E-state index contributed by atoms with van der Waals surface area (Å²) in [5.74, 6) is -1.08. The highest BCUT2D eigenvalue weighted by molar-refractivity contribution is 5.85. The molecule has 1 atom stereocenters. The summed E-state index contributed by atoms with van der Waals surface area (Å²) in [6.07, 6.45) is -0.771. The zero-order valence-electron chi connectivity index (χ0n) is 17.7. The number of hydrogen-bond acceptors (Lipinski definition) is 7.